The number of carbonyl (C=O) groups is 2. The summed E-state index contributed by atoms with van der Waals surface area (Å²) in [4.78, 5) is 33.4. The first kappa shape index (κ1) is 23.6. The number of carbonyl (C=O) groups excluding carboxylic acids is 2. The Labute approximate surface area is 213 Å². The zero-order chi connectivity index (χ0) is 25.9. The molecular formula is C28H24N6O3. The molecule has 37 heavy (non-hydrogen) atoms. The number of amides is 2. The van der Waals surface area contributed by atoms with E-state index < -0.39 is 5.91 Å². The number of aromatic nitrogens is 2. The molecule has 2 amide bonds. The van der Waals surface area contributed by atoms with Crippen molar-refractivity contribution >= 4 is 23.1 Å². The summed E-state index contributed by atoms with van der Waals surface area (Å²) >= 11 is 0. The van der Waals surface area contributed by atoms with E-state index in [9.17, 15) is 9.59 Å². The molecular weight excluding hydrogens is 468 g/mol. The predicted molar refractivity (Wildman–Crippen MR) is 139 cm³/mol. The quantitative estimate of drug-likeness (QED) is 0.325. The number of nitrogens with two attached hydrogens (primary N) is 1. The van der Waals surface area contributed by atoms with Gasteiger partial charge < -0.3 is 20.3 Å². The average Bonchev–Trinajstić information content (AvgIpc) is 3.33. The molecule has 0 unspecified atom stereocenters. The third kappa shape index (κ3) is 4.60. The molecule has 2 N–H and O–H groups in total. The minimum atomic E-state index is -0.588. The fraction of sp³-hybridized carbons (Fsp3) is 0.143. The van der Waals surface area contributed by atoms with Gasteiger partial charge in [-0.3, -0.25) is 14.0 Å². The van der Waals surface area contributed by atoms with Gasteiger partial charge in [0.15, 0.2) is 5.65 Å². The maximum Gasteiger partial charge on any atom is 0.268 e. The molecule has 4 aromatic rings. The average molecular weight is 493 g/mol. The minimum Gasteiger partial charge on any atom is -0.457 e. The molecule has 2 aromatic heterocycles. The van der Waals surface area contributed by atoms with Crippen LogP contribution in [0.5, 0.6) is 11.5 Å². The van der Waals surface area contributed by atoms with Gasteiger partial charge in [0.05, 0.1) is 5.69 Å². The highest BCUT2D eigenvalue weighted by Gasteiger charge is 2.26. The van der Waals surface area contributed by atoms with Crippen LogP contribution >= 0.6 is 0 Å². The van der Waals surface area contributed by atoms with Crippen LogP contribution in [0.4, 0.5) is 5.69 Å². The number of piperazine rings is 1. The Morgan fingerprint density at radius 1 is 0.946 bits per heavy atom. The first-order valence-electron chi connectivity index (χ1n) is 11.7. The van der Waals surface area contributed by atoms with E-state index in [4.69, 9.17) is 20.7 Å². The van der Waals surface area contributed by atoms with Crippen LogP contribution in [0.25, 0.3) is 16.9 Å². The second-order valence-electron chi connectivity index (χ2n) is 8.57. The molecule has 0 saturated carbocycles. The monoisotopic (exact) mass is 492 g/mol. The van der Waals surface area contributed by atoms with E-state index in [0.717, 1.165) is 17.0 Å². The van der Waals surface area contributed by atoms with Crippen LogP contribution in [-0.2, 0) is 4.79 Å². The topological polar surface area (TPSA) is 117 Å². The lowest BCUT2D eigenvalue weighted by atomic mass is 10.1. The SMILES string of the molecule is C=C(C#N)C(=O)N1CCN(c2cccn3c(C(N)=O)c(-c4ccc(Oc5ccccc5)cc4)nc23)CC1. The number of hydrogen-bond donors (Lipinski definition) is 1. The van der Waals surface area contributed by atoms with Gasteiger partial charge >= 0.3 is 0 Å². The van der Waals surface area contributed by atoms with E-state index in [0.29, 0.717) is 43.3 Å². The molecule has 9 heteroatoms. The molecule has 184 valence electrons. The number of nitriles is 1. The summed E-state index contributed by atoms with van der Waals surface area (Å²) in [6.45, 7) is 5.50. The van der Waals surface area contributed by atoms with Crippen LogP contribution in [0.3, 0.4) is 0 Å². The molecule has 0 spiro atoms. The smallest absolute Gasteiger partial charge is 0.268 e. The number of anilines is 1. The number of benzene rings is 2. The summed E-state index contributed by atoms with van der Waals surface area (Å²) in [7, 11) is 0. The zero-order valence-corrected chi connectivity index (χ0v) is 20.0. The van der Waals surface area contributed by atoms with Gasteiger partial charge in [-0.05, 0) is 48.5 Å². The van der Waals surface area contributed by atoms with Crippen molar-refractivity contribution in [3.05, 3.63) is 90.8 Å². The van der Waals surface area contributed by atoms with E-state index in [1.807, 2.05) is 72.8 Å². The van der Waals surface area contributed by atoms with Crippen LogP contribution in [0.2, 0.25) is 0 Å². The summed E-state index contributed by atoms with van der Waals surface area (Å²) in [5.41, 5.74) is 8.64. The Kier molecular flexibility index (Phi) is 6.31. The molecule has 0 bridgehead atoms. The molecule has 0 aliphatic carbocycles. The summed E-state index contributed by atoms with van der Waals surface area (Å²) in [6, 6.07) is 22.4. The van der Waals surface area contributed by atoms with Crippen molar-refractivity contribution in [1.82, 2.24) is 14.3 Å². The van der Waals surface area contributed by atoms with Gasteiger partial charge in [0, 0.05) is 37.9 Å². The Hall–Kier alpha value is -5.10. The van der Waals surface area contributed by atoms with Gasteiger partial charge in [-0.1, -0.05) is 24.8 Å². The highest BCUT2D eigenvalue weighted by Crippen LogP contribution is 2.31. The van der Waals surface area contributed by atoms with Crippen LogP contribution in [0, 0.1) is 11.3 Å². The third-order valence-corrected chi connectivity index (χ3v) is 6.27. The number of ether oxygens (including phenoxy) is 1. The maximum absolute atomic E-state index is 12.5. The molecule has 9 nitrogen and oxygen atoms in total. The van der Waals surface area contributed by atoms with Crippen molar-refractivity contribution in [3.63, 3.8) is 0 Å². The third-order valence-electron chi connectivity index (χ3n) is 6.27. The number of nitrogens with zero attached hydrogens (tertiary/aromatic N) is 5. The van der Waals surface area contributed by atoms with Crippen molar-refractivity contribution in [3.8, 4) is 28.8 Å². The van der Waals surface area contributed by atoms with E-state index >= 15 is 0 Å². The fourth-order valence-corrected chi connectivity index (χ4v) is 4.43. The Balaban J connectivity index is 1.44. The summed E-state index contributed by atoms with van der Waals surface area (Å²) in [5, 5.41) is 8.97. The first-order chi connectivity index (χ1) is 18.0. The van der Waals surface area contributed by atoms with E-state index in [-0.39, 0.29) is 17.2 Å². The second-order valence-corrected chi connectivity index (χ2v) is 8.57. The number of para-hydroxylation sites is 1. The number of imidazole rings is 1. The van der Waals surface area contributed by atoms with Crippen LogP contribution in [0.15, 0.2) is 85.1 Å². The predicted octanol–water partition coefficient (Wildman–Crippen LogP) is 3.62. The molecule has 1 fully saturated rings. The first-order valence-corrected chi connectivity index (χ1v) is 11.7. The highest BCUT2D eigenvalue weighted by atomic mass is 16.5. The molecule has 2 aromatic carbocycles. The largest absolute Gasteiger partial charge is 0.457 e. The number of fused-ring (bicyclic) bond motifs is 1. The second kappa shape index (κ2) is 9.87. The van der Waals surface area contributed by atoms with Crippen molar-refractivity contribution < 1.29 is 14.3 Å². The van der Waals surface area contributed by atoms with Crippen molar-refractivity contribution in [2.45, 2.75) is 0 Å². The molecule has 1 aliphatic heterocycles. The van der Waals surface area contributed by atoms with E-state index in [1.165, 1.54) is 0 Å². The molecule has 5 rings (SSSR count). The van der Waals surface area contributed by atoms with Gasteiger partial charge in [0.25, 0.3) is 11.8 Å². The minimum absolute atomic E-state index is 0.0697. The number of rotatable bonds is 6. The molecule has 1 saturated heterocycles. The van der Waals surface area contributed by atoms with Gasteiger partial charge in [-0.2, -0.15) is 5.26 Å². The molecule has 0 radical (unpaired) electrons. The lowest BCUT2D eigenvalue weighted by molar-refractivity contribution is -0.126. The lowest BCUT2D eigenvalue weighted by Crippen LogP contribution is -2.49. The maximum atomic E-state index is 12.5. The molecule has 1 aliphatic rings. The van der Waals surface area contributed by atoms with Crippen LogP contribution in [0.1, 0.15) is 10.5 Å². The van der Waals surface area contributed by atoms with Gasteiger partial charge in [-0.15, -0.1) is 0 Å². The van der Waals surface area contributed by atoms with Crippen molar-refractivity contribution in [2.24, 2.45) is 5.73 Å². The van der Waals surface area contributed by atoms with Gasteiger partial charge in [-0.25, -0.2) is 4.98 Å². The molecule has 0 atom stereocenters. The van der Waals surface area contributed by atoms with Gasteiger partial charge in [0.1, 0.15) is 34.5 Å². The Morgan fingerprint density at radius 3 is 2.27 bits per heavy atom. The summed E-state index contributed by atoms with van der Waals surface area (Å²) in [6.07, 6.45) is 1.76. The molecule has 3 heterocycles. The summed E-state index contributed by atoms with van der Waals surface area (Å²) in [5.74, 6) is 0.449. The Bertz CT molecular complexity index is 1530. The van der Waals surface area contributed by atoms with Gasteiger partial charge in [0.2, 0.25) is 0 Å². The standard InChI is InChI=1S/C28H24N6O3/c1-19(18-29)28(36)33-16-14-32(15-17-33)23-8-5-13-34-25(26(30)35)24(31-27(23)34)20-9-11-22(12-10-20)37-21-6-3-2-4-7-21/h2-13H,1,14-17H2,(H2,30,35). The van der Waals surface area contributed by atoms with Crippen LogP contribution < -0.4 is 15.4 Å². The highest BCUT2D eigenvalue weighted by molar-refractivity contribution is 5.99. The van der Waals surface area contributed by atoms with Crippen molar-refractivity contribution in [1.29, 1.82) is 5.26 Å². The number of pyridine rings is 1. The van der Waals surface area contributed by atoms with E-state index in [1.54, 1.807) is 15.5 Å². The van der Waals surface area contributed by atoms with Crippen molar-refractivity contribution in [2.75, 3.05) is 31.1 Å². The number of hydrogen-bond acceptors (Lipinski definition) is 6. The summed E-state index contributed by atoms with van der Waals surface area (Å²) < 4.78 is 7.58. The number of primary amides is 1. The van der Waals surface area contributed by atoms with E-state index in [2.05, 4.69) is 11.5 Å². The Morgan fingerprint density at radius 2 is 1.62 bits per heavy atom. The van der Waals surface area contributed by atoms with Crippen LogP contribution in [-0.4, -0.2) is 52.3 Å². The normalized spacial score (nSPS) is 13.3. The lowest BCUT2D eigenvalue weighted by Gasteiger charge is -2.36. The fourth-order valence-electron chi connectivity index (χ4n) is 4.43. The zero-order valence-electron chi connectivity index (χ0n) is 20.0.